The molecule has 1 aromatic heterocycles. The normalized spacial score (nSPS) is 16.5. The number of nitrogens with zero attached hydrogens (tertiary/aromatic N) is 2. The van der Waals surface area contributed by atoms with Crippen LogP contribution in [0.15, 0.2) is 102 Å². The van der Waals surface area contributed by atoms with Gasteiger partial charge in [-0.15, -0.1) is 0 Å². The Kier molecular flexibility index (Phi) is 10.3. The van der Waals surface area contributed by atoms with Crippen molar-refractivity contribution in [3.63, 3.8) is 0 Å². The van der Waals surface area contributed by atoms with Crippen LogP contribution in [0.3, 0.4) is 0 Å². The molecule has 0 radical (unpaired) electrons. The Balaban J connectivity index is 1.11. The molecule has 1 amide bonds. The van der Waals surface area contributed by atoms with Crippen molar-refractivity contribution < 1.29 is 17.9 Å². The standard InChI is InChI=1S/C42H46ClN5O4S/c1-28-23-35(11-14-38(28)44-4)53(50,51)46-41(49)36-12-9-33(25-40(36)52-34-10-13-39-30(24-34)16-18-45-39)48-21-19-47(20-22-48)27-31-15-17-42(2,3)26-37(31)29-5-7-32(43)8-6-29/h5-14,16,18,23-25,44-45H,15,17,19-22,26-27H2,1-4H3,(H,46,49). The zero-order valence-electron chi connectivity index (χ0n) is 30.6. The summed E-state index contributed by atoms with van der Waals surface area (Å²) >= 11 is 6.23. The number of anilines is 2. The summed E-state index contributed by atoms with van der Waals surface area (Å²) in [4.78, 5) is 21.7. The van der Waals surface area contributed by atoms with E-state index in [1.54, 1.807) is 19.2 Å². The van der Waals surface area contributed by atoms with Gasteiger partial charge in [-0.25, -0.2) is 13.1 Å². The number of amides is 1. The Morgan fingerprint density at radius 3 is 2.45 bits per heavy atom. The molecular weight excluding hydrogens is 706 g/mol. The molecule has 0 unspecified atom stereocenters. The van der Waals surface area contributed by atoms with E-state index in [4.69, 9.17) is 16.3 Å². The number of aromatic nitrogens is 1. The van der Waals surface area contributed by atoms with E-state index < -0.39 is 15.9 Å². The highest BCUT2D eigenvalue weighted by Gasteiger charge is 2.30. The minimum Gasteiger partial charge on any atom is -0.456 e. The Labute approximate surface area is 317 Å². The Morgan fingerprint density at radius 2 is 1.72 bits per heavy atom. The molecule has 3 N–H and O–H groups in total. The van der Waals surface area contributed by atoms with Crippen LogP contribution in [0.4, 0.5) is 11.4 Å². The van der Waals surface area contributed by atoms with Crippen LogP contribution in [0.5, 0.6) is 11.5 Å². The van der Waals surface area contributed by atoms with Crippen LogP contribution in [-0.4, -0.2) is 64.0 Å². The average Bonchev–Trinajstić information content (AvgIpc) is 3.61. The maximum Gasteiger partial charge on any atom is 0.268 e. The molecule has 7 rings (SSSR count). The maximum atomic E-state index is 13.7. The number of nitrogens with one attached hydrogen (secondary N) is 3. The monoisotopic (exact) mass is 751 g/mol. The molecular formula is C42H46ClN5O4S. The van der Waals surface area contributed by atoms with Gasteiger partial charge in [0, 0.05) is 79.3 Å². The summed E-state index contributed by atoms with van der Waals surface area (Å²) in [5.74, 6) is 0.0429. The van der Waals surface area contributed by atoms with Crippen LogP contribution in [-0.2, 0) is 10.0 Å². The fourth-order valence-electron chi connectivity index (χ4n) is 7.42. The van der Waals surface area contributed by atoms with Crippen molar-refractivity contribution in [2.24, 2.45) is 5.41 Å². The summed E-state index contributed by atoms with van der Waals surface area (Å²) in [5, 5.41) is 4.74. The van der Waals surface area contributed by atoms with Gasteiger partial charge in [0.15, 0.2) is 0 Å². The number of carbonyl (C=O) groups is 1. The summed E-state index contributed by atoms with van der Waals surface area (Å²) in [6.45, 7) is 10.8. The van der Waals surface area contributed by atoms with E-state index in [-0.39, 0.29) is 21.6 Å². The second-order valence-electron chi connectivity index (χ2n) is 14.9. The number of ether oxygens (including phenoxy) is 1. The summed E-state index contributed by atoms with van der Waals surface area (Å²) < 4.78 is 35.4. The first-order chi connectivity index (χ1) is 25.4. The smallest absolute Gasteiger partial charge is 0.268 e. The lowest BCUT2D eigenvalue weighted by Gasteiger charge is -2.39. The molecule has 0 bridgehead atoms. The van der Waals surface area contributed by atoms with Crippen molar-refractivity contribution in [1.29, 1.82) is 0 Å². The van der Waals surface area contributed by atoms with Crippen molar-refractivity contribution in [3.8, 4) is 11.5 Å². The van der Waals surface area contributed by atoms with E-state index in [2.05, 4.69) is 50.8 Å². The number of sulfonamides is 1. The molecule has 9 nitrogen and oxygen atoms in total. The molecule has 0 saturated carbocycles. The summed E-state index contributed by atoms with van der Waals surface area (Å²) in [5.41, 5.74) is 8.01. The molecule has 1 aliphatic heterocycles. The van der Waals surface area contributed by atoms with Crippen LogP contribution < -0.4 is 19.7 Å². The Morgan fingerprint density at radius 1 is 0.943 bits per heavy atom. The van der Waals surface area contributed by atoms with Gasteiger partial charge in [-0.1, -0.05) is 43.2 Å². The van der Waals surface area contributed by atoms with E-state index in [9.17, 15) is 13.2 Å². The van der Waals surface area contributed by atoms with Gasteiger partial charge in [0.25, 0.3) is 15.9 Å². The van der Waals surface area contributed by atoms with E-state index in [0.717, 1.165) is 78.4 Å². The number of aromatic amines is 1. The third-order valence-electron chi connectivity index (χ3n) is 10.5. The molecule has 0 atom stereocenters. The summed E-state index contributed by atoms with van der Waals surface area (Å²) in [6.07, 6.45) is 5.16. The van der Waals surface area contributed by atoms with E-state index in [0.29, 0.717) is 5.75 Å². The minimum absolute atomic E-state index is 0.00482. The van der Waals surface area contributed by atoms with Crippen molar-refractivity contribution >= 4 is 55.4 Å². The third-order valence-corrected chi connectivity index (χ3v) is 12.1. The number of hydrogen-bond donors (Lipinski definition) is 3. The molecule has 276 valence electrons. The van der Waals surface area contributed by atoms with Gasteiger partial charge in [0.1, 0.15) is 11.5 Å². The molecule has 11 heteroatoms. The van der Waals surface area contributed by atoms with Crippen LogP contribution in [0, 0.1) is 12.3 Å². The zero-order chi connectivity index (χ0) is 37.3. The molecule has 1 fully saturated rings. The lowest BCUT2D eigenvalue weighted by Crippen LogP contribution is -2.47. The van der Waals surface area contributed by atoms with Gasteiger partial charge in [0.2, 0.25) is 0 Å². The quantitative estimate of drug-likeness (QED) is 0.131. The second-order valence-corrected chi connectivity index (χ2v) is 17.0. The van der Waals surface area contributed by atoms with Crippen LogP contribution in [0.1, 0.15) is 54.6 Å². The maximum absolute atomic E-state index is 13.7. The summed E-state index contributed by atoms with van der Waals surface area (Å²) in [6, 6.07) is 25.9. The number of rotatable bonds is 10. The second kappa shape index (κ2) is 14.9. The van der Waals surface area contributed by atoms with Crippen LogP contribution in [0.25, 0.3) is 16.5 Å². The third kappa shape index (κ3) is 8.25. The first kappa shape index (κ1) is 36.6. The van der Waals surface area contributed by atoms with Gasteiger partial charge in [-0.2, -0.15) is 0 Å². The van der Waals surface area contributed by atoms with Gasteiger partial charge >= 0.3 is 0 Å². The fraction of sp³-hybridized carbons (Fsp3) is 0.310. The topological polar surface area (TPSA) is 107 Å². The molecule has 53 heavy (non-hydrogen) atoms. The molecule has 2 aliphatic rings. The Bertz CT molecular complexity index is 2290. The lowest BCUT2D eigenvalue weighted by molar-refractivity contribution is 0.0979. The highest BCUT2D eigenvalue weighted by molar-refractivity contribution is 7.90. The number of H-pyrrole nitrogens is 1. The van der Waals surface area contributed by atoms with Crippen LogP contribution >= 0.6 is 11.6 Å². The van der Waals surface area contributed by atoms with Crippen molar-refractivity contribution in [2.45, 2.75) is 44.9 Å². The number of aryl methyl sites for hydroxylation is 1. The number of halogens is 1. The van der Waals surface area contributed by atoms with E-state index in [1.807, 2.05) is 61.7 Å². The predicted molar refractivity (Wildman–Crippen MR) is 215 cm³/mol. The van der Waals surface area contributed by atoms with Gasteiger partial charge in [0.05, 0.1) is 10.5 Å². The molecule has 4 aromatic carbocycles. The molecule has 1 aliphatic carbocycles. The van der Waals surface area contributed by atoms with E-state index in [1.165, 1.54) is 35.3 Å². The largest absolute Gasteiger partial charge is 0.456 e. The zero-order valence-corrected chi connectivity index (χ0v) is 32.2. The Hall–Kier alpha value is -4.77. The van der Waals surface area contributed by atoms with Gasteiger partial charge in [-0.05, 0) is 115 Å². The SMILES string of the molecule is CNc1ccc(S(=O)(=O)NC(=O)c2ccc(N3CCN(CC4=C(c5ccc(Cl)cc5)CC(C)(C)CC4)CC3)cc2Oc2ccc3[nH]ccc3c2)cc1C. The highest BCUT2D eigenvalue weighted by Crippen LogP contribution is 2.43. The fourth-order valence-corrected chi connectivity index (χ4v) is 8.60. The number of allylic oxidation sites excluding steroid dienone is 1. The predicted octanol–water partition coefficient (Wildman–Crippen LogP) is 8.87. The van der Waals surface area contributed by atoms with Crippen molar-refractivity contribution in [1.82, 2.24) is 14.6 Å². The lowest BCUT2D eigenvalue weighted by atomic mass is 9.72. The average molecular weight is 752 g/mol. The first-order valence-corrected chi connectivity index (χ1v) is 19.9. The number of fused-ring (bicyclic) bond motifs is 1. The van der Waals surface area contributed by atoms with Crippen molar-refractivity contribution in [3.05, 3.63) is 118 Å². The summed E-state index contributed by atoms with van der Waals surface area (Å²) in [7, 11) is -2.39. The van der Waals surface area contributed by atoms with Gasteiger partial charge < -0.3 is 19.9 Å². The number of hydrogen-bond acceptors (Lipinski definition) is 7. The molecule has 5 aromatic rings. The number of piperazine rings is 1. The van der Waals surface area contributed by atoms with Crippen LogP contribution in [0.2, 0.25) is 5.02 Å². The van der Waals surface area contributed by atoms with Crippen molar-refractivity contribution in [2.75, 3.05) is 50.0 Å². The number of benzene rings is 4. The first-order valence-electron chi connectivity index (χ1n) is 18.1. The van der Waals surface area contributed by atoms with E-state index >= 15 is 0 Å². The molecule has 1 saturated heterocycles. The number of carbonyl (C=O) groups excluding carboxylic acids is 1. The van der Waals surface area contributed by atoms with Gasteiger partial charge in [-0.3, -0.25) is 9.69 Å². The molecule has 2 heterocycles. The minimum atomic E-state index is -4.16. The molecule has 0 spiro atoms. The highest BCUT2D eigenvalue weighted by atomic mass is 35.5.